The number of hydrogen-bond acceptors (Lipinski definition) is 4. The van der Waals surface area contributed by atoms with Crippen molar-refractivity contribution in [2.45, 2.75) is 11.5 Å². The first-order chi connectivity index (χ1) is 6.36. The molecule has 0 aliphatic carbocycles. The van der Waals surface area contributed by atoms with Crippen LogP contribution in [-0.2, 0) is 11.4 Å². The second kappa shape index (κ2) is 5.75. The molecular formula is C9H11NO2S. The number of rotatable bonds is 5. The Kier molecular flexibility index (Phi) is 4.53. The maximum atomic E-state index is 10.0. The van der Waals surface area contributed by atoms with Crippen molar-refractivity contribution < 1.29 is 9.90 Å². The normalized spacial score (nSPS) is 9.92. The number of nitrogens with one attached hydrogen (secondary N) is 1. The van der Waals surface area contributed by atoms with Crippen molar-refractivity contribution in [2.24, 2.45) is 0 Å². The molecule has 0 spiro atoms. The van der Waals surface area contributed by atoms with Gasteiger partial charge in [-0.15, -0.1) is 0 Å². The minimum Gasteiger partial charge on any atom is -0.392 e. The molecule has 0 saturated carbocycles. The van der Waals surface area contributed by atoms with Crippen LogP contribution >= 0.6 is 11.9 Å². The van der Waals surface area contributed by atoms with Gasteiger partial charge in [0.15, 0.2) is 0 Å². The predicted octanol–water partition coefficient (Wildman–Crippen LogP) is 0.975. The Balaban J connectivity index is 2.50. The van der Waals surface area contributed by atoms with Gasteiger partial charge in [0, 0.05) is 4.90 Å². The van der Waals surface area contributed by atoms with E-state index in [1.807, 2.05) is 24.3 Å². The zero-order valence-electron chi connectivity index (χ0n) is 7.06. The van der Waals surface area contributed by atoms with Gasteiger partial charge in [-0.25, -0.2) is 0 Å². The van der Waals surface area contributed by atoms with Gasteiger partial charge in [-0.2, -0.15) is 0 Å². The van der Waals surface area contributed by atoms with Gasteiger partial charge >= 0.3 is 0 Å². The fraction of sp³-hybridized carbons (Fsp3) is 0.222. The zero-order valence-corrected chi connectivity index (χ0v) is 7.88. The molecule has 0 aliphatic rings. The summed E-state index contributed by atoms with van der Waals surface area (Å²) in [6, 6.07) is 7.52. The topological polar surface area (TPSA) is 49.3 Å². The molecule has 1 aromatic carbocycles. The number of benzene rings is 1. The van der Waals surface area contributed by atoms with E-state index in [9.17, 15) is 4.79 Å². The van der Waals surface area contributed by atoms with Crippen LogP contribution in [0.4, 0.5) is 0 Å². The summed E-state index contributed by atoms with van der Waals surface area (Å²) in [5.74, 6) is 0. The smallest absolute Gasteiger partial charge is 0.134 e. The standard InChI is InChI=1S/C9H11NO2S/c11-5-4-10-13-9-3-1-2-8(6-9)7-12/h1-3,5-6,10,12H,4,7H2. The van der Waals surface area contributed by atoms with Crippen LogP contribution in [-0.4, -0.2) is 17.9 Å². The van der Waals surface area contributed by atoms with Crippen molar-refractivity contribution in [1.82, 2.24) is 4.72 Å². The molecule has 0 heterocycles. The number of aliphatic hydroxyl groups is 1. The molecule has 3 nitrogen and oxygen atoms in total. The summed E-state index contributed by atoms with van der Waals surface area (Å²) < 4.78 is 2.87. The molecule has 1 aromatic rings. The maximum absolute atomic E-state index is 10.0. The third kappa shape index (κ3) is 3.59. The SMILES string of the molecule is O=CCNSc1cccc(CO)c1. The lowest BCUT2D eigenvalue weighted by Gasteiger charge is -2.01. The predicted molar refractivity (Wildman–Crippen MR) is 52.3 cm³/mol. The van der Waals surface area contributed by atoms with Gasteiger partial charge in [0.05, 0.1) is 13.2 Å². The summed E-state index contributed by atoms with van der Waals surface area (Å²) in [6.45, 7) is 0.371. The lowest BCUT2D eigenvalue weighted by molar-refractivity contribution is -0.106. The summed E-state index contributed by atoms with van der Waals surface area (Å²) in [7, 11) is 0. The number of hydrogen-bond donors (Lipinski definition) is 2. The second-order valence-corrected chi connectivity index (χ2v) is 3.39. The summed E-state index contributed by atoms with van der Waals surface area (Å²) in [6.07, 6.45) is 0.808. The molecule has 4 heteroatoms. The Bertz CT molecular complexity index is 278. The Labute approximate surface area is 81.3 Å². The molecule has 0 bridgehead atoms. The van der Waals surface area contributed by atoms with Crippen molar-refractivity contribution in [2.75, 3.05) is 6.54 Å². The molecule has 0 aliphatic heterocycles. The van der Waals surface area contributed by atoms with E-state index >= 15 is 0 Å². The highest BCUT2D eigenvalue weighted by molar-refractivity contribution is 7.97. The van der Waals surface area contributed by atoms with Crippen LogP contribution in [0.1, 0.15) is 5.56 Å². The Morgan fingerprint density at radius 1 is 1.54 bits per heavy atom. The Morgan fingerprint density at radius 2 is 2.38 bits per heavy atom. The van der Waals surface area contributed by atoms with E-state index in [4.69, 9.17) is 5.11 Å². The number of carbonyl (C=O) groups excluding carboxylic acids is 1. The molecule has 2 N–H and O–H groups in total. The minimum absolute atomic E-state index is 0.0437. The number of aldehydes is 1. The molecule has 0 amide bonds. The Morgan fingerprint density at radius 3 is 3.08 bits per heavy atom. The molecule has 70 valence electrons. The summed E-state index contributed by atoms with van der Waals surface area (Å²) in [4.78, 5) is 11.0. The van der Waals surface area contributed by atoms with Crippen LogP contribution in [0.5, 0.6) is 0 Å². The lowest BCUT2D eigenvalue weighted by atomic mass is 10.2. The van der Waals surface area contributed by atoms with Crippen molar-refractivity contribution in [3.8, 4) is 0 Å². The average molecular weight is 197 g/mol. The molecule has 1 rings (SSSR count). The first-order valence-electron chi connectivity index (χ1n) is 3.90. The minimum atomic E-state index is 0.0437. The van der Waals surface area contributed by atoms with E-state index in [2.05, 4.69) is 4.72 Å². The molecule has 0 aromatic heterocycles. The fourth-order valence-electron chi connectivity index (χ4n) is 0.866. The summed E-state index contributed by atoms with van der Waals surface area (Å²) in [5.41, 5.74) is 0.873. The van der Waals surface area contributed by atoms with Crippen LogP contribution < -0.4 is 4.72 Å². The van der Waals surface area contributed by atoms with Crippen molar-refractivity contribution in [3.63, 3.8) is 0 Å². The molecule has 13 heavy (non-hydrogen) atoms. The van der Waals surface area contributed by atoms with Gasteiger partial charge in [0.2, 0.25) is 0 Å². The van der Waals surface area contributed by atoms with Gasteiger partial charge in [0.25, 0.3) is 0 Å². The maximum Gasteiger partial charge on any atom is 0.134 e. The van der Waals surface area contributed by atoms with Crippen LogP contribution in [0.25, 0.3) is 0 Å². The zero-order chi connectivity index (χ0) is 9.52. The number of aliphatic hydroxyl groups excluding tert-OH is 1. The van der Waals surface area contributed by atoms with Crippen LogP contribution in [0.2, 0.25) is 0 Å². The van der Waals surface area contributed by atoms with Gasteiger partial charge in [0.1, 0.15) is 6.29 Å². The fourth-order valence-corrected chi connectivity index (χ4v) is 1.54. The largest absolute Gasteiger partial charge is 0.392 e. The third-order valence-corrected chi connectivity index (χ3v) is 2.24. The van der Waals surface area contributed by atoms with E-state index in [0.717, 1.165) is 16.7 Å². The van der Waals surface area contributed by atoms with Gasteiger partial charge < -0.3 is 9.90 Å². The second-order valence-electron chi connectivity index (χ2n) is 2.42. The highest BCUT2D eigenvalue weighted by Crippen LogP contribution is 2.15. The van der Waals surface area contributed by atoms with Crippen LogP contribution in [0.15, 0.2) is 29.2 Å². The molecule has 0 atom stereocenters. The van der Waals surface area contributed by atoms with Crippen molar-refractivity contribution in [3.05, 3.63) is 29.8 Å². The van der Waals surface area contributed by atoms with Gasteiger partial charge in [-0.05, 0) is 29.6 Å². The number of carbonyl (C=O) groups is 1. The lowest BCUT2D eigenvalue weighted by Crippen LogP contribution is -2.05. The van der Waals surface area contributed by atoms with Crippen LogP contribution in [0.3, 0.4) is 0 Å². The third-order valence-electron chi connectivity index (χ3n) is 1.44. The molecule has 0 saturated heterocycles. The molecule has 0 unspecified atom stereocenters. The first-order valence-corrected chi connectivity index (χ1v) is 4.71. The summed E-state index contributed by atoms with van der Waals surface area (Å²) in [5, 5.41) is 8.85. The van der Waals surface area contributed by atoms with E-state index < -0.39 is 0 Å². The summed E-state index contributed by atoms with van der Waals surface area (Å²) >= 11 is 1.38. The molecule has 0 radical (unpaired) electrons. The van der Waals surface area contributed by atoms with Gasteiger partial charge in [-0.3, -0.25) is 4.72 Å². The van der Waals surface area contributed by atoms with Gasteiger partial charge in [-0.1, -0.05) is 12.1 Å². The monoisotopic (exact) mass is 197 g/mol. The van der Waals surface area contributed by atoms with Crippen LogP contribution in [0, 0.1) is 0 Å². The van der Waals surface area contributed by atoms with E-state index in [1.54, 1.807) is 0 Å². The first kappa shape index (κ1) is 10.2. The Hall–Kier alpha value is -0.840. The molecular weight excluding hydrogens is 186 g/mol. The highest BCUT2D eigenvalue weighted by atomic mass is 32.2. The average Bonchev–Trinajstić information content (AvgIpc) is 2.19. The van der Waals surface area contributed by atoms with E-state index in [-0.39, 0.29) is 6.61 Å². The van der Waals surface area contributed by atoms with E-state index in [0.29, 0.717) is 6.54 Å². The van der Waals surface area contributed by atoms with Crippen molar-refractivity contribution in [1.29, 1.82) is 0 Å². The highest BCUT2D eigenvalue weighted by Gasteiger charge is 1.94. The quantitative estimate of drug-likeness (QED) is 0.419. The van der Waals surface area contributed by atoms with E-state index in [1.165, 1.54) is 11.9 Å². The van der Waals surface area contributed by atoms with Crippen molar-refractivity contribution >= 4 is 18.2 Å². The molecule has 0 fully saturated rings.